The quantitative estimate of drug-likeness (QED) is 0.516. The zero-order valence-corrected chi connectivity index (χ0v) is 17.8. The molecule has 2 aromatic heterocycles. The summed E-state index contributed by atoms with van der Waals surface area (Å²) in [5.74, 6) is -0.537. The van der Waals surface area contributed by atoms with Crippen molar-refractivity contribution >= 4 is 27.8 Å². The van der Waals surface area contributed by atoms with E-state index in [4.69, 9.17) is 0 Å². The number of halogens is 1. The molecule has 4 aromatic rings. The van der Waals surface area contributed by atoms with Gasteiger partial charge in [-0.3, -0.25) is 14.2 Å². The van der Waals surface area contributed by atoms with Crippen LogP contribution in [0.3, 0.4) is 0 Å². The Kier molecular flexibility index (Phi) is 5.59. The molecular formula is C24H25FN4O2. The predicted octanol–water partition coefficient (Wildman–Crippen LogP) is 3.82. The minimum Gasteiger partial charge on any atom is -0.352 e. The lowest BCUT2D eigenvalue weighted by Gasteiger charge is -2.14. The van der Waals surface area contributed by atoms with Crippen molar-refractivity contribution < 1.29 is 9.18 Å². The Morgan fingerprint density at radius 1 is 1.13 bits per heavy atom. The van der Waals surface area contributed by atoms with Crippen molar-refractivity contribution in [1.82, 2.24) is 19.4 Å². The summed E-state index contributed by atoms with van der Waals surface area (Å²) in [4.78, 5) is 30.4. The van der Waals surface area contributed by atoms with Crippen molar-refractivity contribution in [2.75, 3.05) is 0 Å². The maximum atomic E-state index is 13.9. The summed E-state index contributed by atoms with van der Waals surface area (Å²) >= 11 is 0. The van der Waals surface area contributed by atoms with Crippen molar-refractivity contribution in [3.05, 3.63) is 76.6 Å². The second-order valence-electron chi connectivity index (χ2n) is 8.18. The van der Waals surface area contributed by atoms with Gasteiger partial charge >= 0.3 is 0 Å². The van der Waals surface area contributed by atoms with E-state index in [-0.39, 0.29) is 30.0 Å². The molecule has 0 aliphatic heterocycles. The van der Waals surface area contributed by atoms with Crippen LogP contribution in [0.2, 0.25) is 0 Å². The number of nitrogens with zero attached hydrogens (tertiary/aromatic N) is 3. The SMILES string of the molecule is CC(C)NC(=O)Cn1c2ccc(F)cc2c2ncn(C[C@@H](C)c3ccccc3)c(=O)c21. The molecule has 2 heterocycles. The largest absolute Gasteiger partial charge is 0.352 e. The maximum absolute atomic E-state index is 13.9. The molecule has 1 amide bonds. The van der Waals surface area contributed by atoms with E-state index in [1.54, 1.807) is 15.2 Å². The third-order valence-electron chi connectivity index (χ3n) is 5.38. The van der Waals surface area contributed by atoms with Crippen molar-refractivity contribution in [3.8, 4) is 0 Å². The summed E-state index contributed by atoms with van der Waals surface area (Å²) < 4.78 is 17.1. The fourth-order valence-electron chi connectivity index (χ4n) is 3.96. The van der Waals surface area contributed by atoms with E-state index in [1.807, 2.05) is 51.1 Å². The summed E-state index contributed by atoms with van der Waals surface area (Å²) in [7, 11) is 0. The molecule has 31 heavy (non-hydrogen) atoms. The van der Waals surface area contributed by atoms with E-state index >= 15 is 0 Å². The summed E-state index contributed by atoms with van der Waals surface area (Å²) in [6.07, 6.45) is 1.51. The normalized spacial score (nSPS) is 12.5. The number of nitrogens with one attached hydrogen (secondary N) is 1. The zero-order valence-electron chi connectivity index (χ0n) is 17.8. The van der Waals surface area contributed by atoms with Crippen molar-refractivity contribution in [2.24, 2.45) is 0 Å². The lowest BCUT2D eigenvalue weighted by Crippen LogP contribution is -2.34. The summed E-state index contributed by atoms with van der Waals surface area (Å²) in [6, 6.07) is 14.2. The second kappa shape index (κ2) is 8.34. The topological polar surface area (TPSA) is 68.9 Å². The average Bonchev–Trinajstić information content (AvgIpc) is 3.03. The van der Waals surface area contributed by atoms with Gasteiger partial charge in [0.15, 0.2) is 0 Å². The van der Waals surface area contributed by atoms with Crippen LogP contribution in [-0.4, -0.2) is 26.1 Å². The Hall–Kier alpha value is -3.48. The molecule has 1 N–H and O–H groups in total. The molecule has 7 heteroatoms. The highest BCUT2D eigenvalue weighted by molar-refractivity contribution is 6.06. The first kappa shape index (κ1) is 20.8. The highest BCUT2D eigenvalue weighted by Crippen LogP contribution is 2.26. The van der Waals surface area contributed by atoms with Crippen LogP contribution in [0.1, 0.15) is 32.3 Å². The Balaban J connectivity index is 1.84. The third kappa shape index (κ3) is 4.08. The molecule has 0 bridgehead atoms. The highest BCUT2D eigenvalue weighted by Gasteiger charge is 2.20. The first-order valence-corrected chi connectivity index (χ1v) is 10.4. The smallest absolute Gasteiger partial charge is 0.277 e. The van der Waals surface area contributed by atoms with Crippen LogP contribution >= 0.6 is 0 Å². The molecule has 6 nitrogen and oxygen atoms in total. The van der Waals surface area contributed by atoms with Gasteiger partial charge in [0, 0.05) is 18.0 Å². The van der Waals surface area contributed by atoms with Crippen molar-refractivity contribution in [2.45, 2.75) is 45.8 Å². The number of fused-ring (bicyclic) bond motifs is 3. The maximum Gasteiger partial charge on any atom is 0.277 e. The summed E-state index contributed by atoms with van der Waals surface area (Å²) in [5.41, 5.74) is 2.19. The first-order valence-electron chi connectivity index (χ1n) is 10.4. The molecule has 0 unspecified atom stereocenters. The lowest BCUT2D eigenvalue weighted by molar-refractivity contribution is -0.122. The number of benzene rings is 2. The van der Waals surface area contributed by atoms with Gasteiger partial charge in [-0.2, -0.15) is 0 Å². The second-order valence-corrected chi connectivity index (χ2v) is 8.18. The number of carbonyl (C=O) groups is 1. The lowest BCUT2D eigenvalue weighted by atomic mass is 10.0. The van der Waals surface area contributed by atoms with E-state index in [1.165, 1.54) is 18.5 Å². The standard InChI is InChI=1S/C24H25FN4O2/c1-15(2)27-21(30)13-29-20-10-9-18(25)11-19(20)22-23(29)24(31)28(14-26-22)12-16(3)17-7-5-4-6-8-17/h4-11,14-16H,12-13H2,1-3H3,(H,27,30)/t16-/m1/s1. The fourth-order valence-corrected chi connectivity index (χ4v) is 3.96. The van der Waals surface area contributed by atoms with Crippen LogP contribution in [0.15, 0.2) is 59.7 Å². The number of hydrogen-bond donors (Lipinski definition) is 1. The Labute approximate surface area is 179 Å². The number of rotatable bonds is 6. The summed E-state index contributed by atoms with van der Waals surface area (Å²) in [5, 5.41) is 3.37. The van der Waals surface area contributed by atoms with Gasteiger partial charge in [-0.15, -0.1) is 0 Å². The predicted molar refractivity (Wildman–Crippen MR) is 120 cm³/mol. The Morgan fingerprint density at radius 2 is 1.87 bits per heavy atom. The average molecular weight is 420 g/mol. The van der Waals surface area contributed by atoms with Crippen LogP contribution in [0, 0.1) is 5.82 Å². The van der Waals surface area contributed by atoms with Gasteiger partial charge in [-0.1, -0.05) is 37.3 Å². The highest BCUT2D eigenvalue weighted by atomic mass is 19.1. The van der Waals surface area contributed by atoms with Crippen LogP contribution in [-0.2, 0) is 17.9 Å². The number of aromatic nitrogens is 3. The Bertz CT molecular complexity index is 1310. The van der Waals surface area contributed by atoms with Gasteiger partial charge in [0.1, 0.15) is 23.4 Å². The molecule has 4 rings (SSSR count). The number of hydrogen-bond acceptors (Lipinski definition) is 3. The van der Waals surface area contributed by atoms with E-state index in [9.17, 15) is 14.0 Å². The molecule has 0 saturated carbocycles. The van der Waals surface area contributed by atoms with Gasteiger partial charge in [0.05, 0.1) is 11.8 Å². The van der Waals surface area contributed by atoms with Crippen LogP contribution in [0.4, 0.5) is 4.39 Å². The van der Waals surface area contributed by atoms with Crippen LogP contribution in [0.5, 0.6) is 0 Å². The molecule has 1 atom stereocenters. The monoisotopic (exact) mass is 420 g/mol. The van der Waals surface area contributed by atoms with E-state index in [0.717, 1.165) is 5.56 Å². The first-order chi connectivity index (χ1) is 14.8. The molecule has 0 radical (unpaired) electrons. The fraction of sp³-hybridized carbons (Fsp3) is 0.292. The number of amides is 1. The molecular weight excluding hydrogens is 395 g/mol. The Morgan fingerprint density at radius 3 is 2.58 bits per heavy atom. The van der Waals surface area contributed by atoms with Gasteiger partial charge < -0.3 is 9.88 Å². The van der Waals surface area contributed by atoms with Gasteiger partial charge in [-0.25, -0.2) is 9.37 Å². The van der Waals surface area contributed by atoms with Crippen molar-refractivity contribution in [1.29, 1.82) is 0 Å². The minimum atomic E-state index is -0.415. The van der Waals surface area contributed by atoms with Gasteiger partial charge in [-0.05, 0) is 43.5 Å². The van der Waals surface area contributed by atoms with Gasteiger partial charge in [0.25, 0.3) is 5.56 Å². The van der Waals surface area contributed by atoms with E-state index < -0.39 is 5.82 Å². The molecule has 0 fully saturated rings. The number of carbonyl (C=O) groups excluding carboxylic acids is 1. The molecule has 160 valence electrons. The molecule has 0 spiro atoms. The van der Waals surface area contributed by atoms with Crippen LogP contribution < -0.4 is 10.9 Å². The van der Waals surface area contributed by atoms with E-state index in [0.29, 0.717) is 28.5 Å². The van der Waals surface area contributed by atoms with E-state index in [2.05, 4.69) is 10.3 Å². The molecule has 2 aromatic carbocycles. The van der Waals surface area contributed by atoms with Crippen LogP contribution in [0.25, 0.3) is 21.9 Å². The zero-order chi connectivity index (χ0) is 22.1. The van der Waals surface area contributed by atoms with Crippen molar-refractivity contribution in [3.63, 3.8) is 0 Å². The summed E-state index contributed by atoms with van der Waals surface area (Å²) in [6.45, 7) is 6.20. The van der Waals surface area contributed by atoms with Gasteiger partial charge in [0.2, 0.25) is 5.91 Å². The molecule has 0 aliphatic rings. The molecule has 0 saturated heterocycles. The molecule has 0 aliphatic carbocycles. The minimum absolute atomic E-state index is 0.0282. The third-order valence-corrected chi connectivity index (χ3v) is 5.38.